The molecule has 30 heavy (non-hydrogen) atoms. The van der Waals surface area contributed by atoms with Gasteiger partial charge in [-0.25, -0.2) is 8.42 Å². The average molecular weight is 425 g/mol. The fraction of sp³-hybridized carbons (Fsp3) is 0.458. The molecule has 158 valence electrons. The van der Waals surface area contributed by atoms with Crippen LogP contribution in [0.5, 0.6) is 0 Å². The van der Waals surface area contributed by atoms with Crippen molar-refractivity contribution < 1.29 is 13.2 Å². The van der Waals surface area contributed by atoms with E-state index in [-0.39, 0.29) is 6.04 Å². The van der Waals surface area contributed by atoms with Crippen LogP contribution in [-0.4, -0.2) is 32.0 Å². The van der Waals surface area contributed by atoms with Gasteiger partial charge in [-0.15, -0.1) is 0 Å². The Hall–Kier alpha value is -2.20. The van der Waals surface area contributed by atoms with E-state index in [0.29, 0.717) is 39.0 Å². The van der Waals surface area contributed by atoms with E-state index in [1.54, 1.807) is 4.31 Å². The lowest BCUT2D eigenvalue weighted by molar-refractivity contribution is 0.0675. The van der Waals surface area contributed by atoms with Crippen LogP contribution in [0.3, 0.4) is 0 Å². The van der Waals surface area contributed by atoms with Crippen molar-refractivity contribution in [2.45, 2.75) is 55.9 Å². The van der Waals surface area contributed by atoms with E-state index in [9.17, 15) is 13.7 Å². The molecule has 4 rings (SSSR count). The summed E-state index contributed by atoms with van der Waals surface area (Å²) in [4.78, 5) is 0. The van der Waals surface area contributed by atoms with Crippen LogP contribution in [0.4, 0.5) is 0 Å². The first-order valence-electron chi connectivity index (χ1n) is 10.6. The van der Waals surface area contributed by atoms with E-state index in [0.717, 1.165) is 23.1 Å². The molecular weight excluding hydrogens is 396 g/mol. The fourth-order valence-corrected chi connectivity index (χ4v) is 6.84. The van der Waals surface area contributed by atoms with Gasteiger partial charge in [0.05, 0.1) is 11.5 Å². The van der Waals surface area contributed by atoms with Gasteiger partial charge in [0, 0.05) is 25.8 Å². The van der Waals surface area contributed by atoms with Crippen molar-refractivity contribution in [1.82, 2.24) is 4.31 Å². The third kappa shape index (κ3) is 3.90. The van der Waals surface area contributed by atoms with Gasteiger partial charge >= 0.3 is 0 Å². The van der Waals surface area contributed by atoms with Gasteiger partial charge in [-0.2, -0.15) is 9.57 Å². The number of sulfonamides is 1. The fourth-order valence-electron chi connectivity index (χ4n) is 4.65. The predicted octanol–water partition coefficient (Wildman–Crippen LogP) is 4.31. The number of ether oxygens (including phenoxy) is 1. The van der Waals surface area contributed by atoms with Crippen molar-refractivity contribution in [2.24, 2.45) is 0 Å². The Morgan fingerprint density at radius 1 is 1.07 bits per heavy atom. The summed E-state index contributed by atoms with van der Waals surface area (Å²) in [6.07, 6.45) is 2.88. The molecule has 2 aromatic carbocycles. The standard InChI is InChI=1S/C24H28N2O3S/c1-19-7-12-23(21-5-3-2-4-6-21)30(27,28)26(19)17-20-8-10-22(11-9-20)24(18-25)13-15-29-16-14-24/h2-6,8-11,19,23H,7,12-17H2,1H3/t19-,23+/m0/s1. The quantitative estimate of drug-likeness (QED) is 0.733. The normalized spacial score (nSPS) is 26.0. The van der Waals surface area contributed by atoms with E-state index in [1.807, 2.05) is 61.5 Å². The summed E-state index contributed by atoms with van der Waals surface area (Å²) < 4.78 is 33.9. The molecule has 5 nitrogen and oxygen atoms in total. The van der Waals surface area contributed by atoms with E-state index in [2.05, 4.69) is 6.07 Å². The van der Waals surface area contributed by atoms with Gasteiger partial charge < -0.3 is 4.74 Å². The first-order valence-corrected chi connectivity index (χ1v) is 12.1. The second kappa shape index (κ2) is 8.50. The van der Waals surface area contributed by atoms with Crippen LogP contribution in [0.15, 0.2) is 54.6 Å². The molecule has 6 heteroatoms. The van der Waals surface area contributed by atoms with Crippen LogP contribution in [0.25, 0.3) is 0 Å². The number of rotatable bonds is 4. The zero-order valence-corrected chi connectivity index (χ0v) is 18.1. The number of nitrogens with zero attached hydrogens (tertiary/aromatic N) is 2. The molecule has 2 aliphatic rings. The van der Waals surface area contributed by atoms with Crippen molar-refractivity contribution in [3.8, 4) is 6.07 Å². The van der Waals surface area contributed by atoms with Crippen LogP contribution in [-0.2, 0) is 26.7 Å². The molecule has 0 unspecified atom stereocenters. The summed E-state index contributed by atoms with van der Waals surface area (Å²) in [7, 11) is -3.45. The molecule has 2 aromatic rings. The highest BCUT2D eigenvalue weighted by Gasteiger charge is 2.40. The van der Waals surface area contributed by atoms with Crippen LogP contribution in [0.2, 0.25) is 0 Å². The topological polar surface area (TPSA) is 70.4 Å². The minimum Gasteiger partial charge on any atom is -0.381 e. The van der Waals surface area contributed by atoms with Crippen molar-refractivity contribution in [3.63, 3.8) is 0 Å². The van der Waals surface area contributed by atoms with Gasteiger partial charge in [0.2, 0.25) is 10.0 Å². The monoisotopic (exact) mass is 424 g/mol. The summed E-state index contributed by atoms with van der Waals surface area (Å²) in [6.45, 7) is 3.54. The molecule has 0 aliphatic carbocycles. The molecule has 0 radical (unpaired) electrons. The van der Waals surface area contributed by atoms with Crippen molar-refractivity contribution in [1.29, 1.82) is 5.26 Å². The van der Waals surface area contributed by atoms with Crippen molar-refractivity contribution >= 4 is 10.0 Å². The smallest absolute Gasteiger partial charge is 0.221 e. The van der Waals surface area contributed by atoms with Crippen LogP contribution >= 0.6 is 0 Å². The third-order valence-corrected chi connectivity index (χ3v) is 8.97. The summed E-state index contributed by atoms with van der Waals surface area (Å²) >= 11 is 0. The Labute approximate surface area is 179 Å². The maximum absolute atomic E-state index is 13.4. The van der Waals surface area contributed by atoms with Gasteiger partial charge in [-0.1, -0.05) is 54.6 Å². The minimum absolute atomic E-state index is 0.0319. The Balaban J connectivity index is 1.56. The van der Waals surface area contributed by atoms with Crippen LogP contribution in [0.1, 0.15) is 54.5 Å². The summed E-state index contributed by atoms with van der Waals surface area (Å²) in [5.41, 5.74) is 2.30. The summed E-state index contributed by atoms with van der Waals surface area (Å²) in [6, 6.07) is 19.9. The van der Waals surface area contributed by atoms with Crippen LogP contribution in [0, 0.1) is 11.3 Å². The SMILES string of the molecule is C[C@H]1CC[C@H](c2ccccc2)S(=O)(=O)N1Cc1ccc(C2(C#N)CCOCC2)cc1. The molecule has 2 heterocycles. The minimum atomic E-state index is -3.45. The second-order valence-corrected chi connectivity index (χ2v) is 10.5. The first-order chi connectivity index (χ1) is 14.5. The van der Waals surface area contributed by atoms with Gasteiger partial charge in [0.1, 0.15) is 5.25 Å². The van der Waals surface area contributed by atoms with Gasteiger partial charge in [-0.05, 0) is 49.3 Å². The summed E-state index contributed by atoms with van der Waals surface area (Å²) in [5, 5.41) is 9.29. The molecule has 0 bridgehead atoms. The molecule has 0 spiro atoms. The van der Waals surface area contributed by atoms with Gasteiger partial charge in [0.15, 0.2) is 0 Å². The average Bonchev–Trinajstić information content (AvgIpc) is 2.78. The second-order valence-electron chi connectivity index (χ2n) is 8.42. The molecule has 2 atom stereocenters. The maximum atomic E-state index is 13.4. The Morgan fingerprint density at radius 3 is 2.37 bits per heavy atom. The maximum Gasteiger partial charge on any atom is 0.221 e. The molecule has 0 amide bonds. The van der Waals surface area contributed by atoms with Gasteiger partial charge in [0.25, 0.3) is 0 Å². The Morgan fingerprint density at radius 2 is 1.73 bits per heavy atom. The molecule has 0 N–H and O–H groups in total. The molecule has 2 aliphatic heterocycles. The molecule has 0 aromatic heterocycles. The van der Waals surface area contributed by atoms with Gasteiger partial charge in [-0.3, -0.25) is 0 Å². The lowest BCUT2D eigenvalue weighted by Gasteiger charge is -2.37. The number of hydrogen-bond acceptors (Lipinski definition) is 4. The zero-order valence-electron chi connectivity index (χ0n) is 17.3. The van der Waals surface area contributed by atoms with Crippen molar-refractivity contribution in [2.75, 3.05) is 13.2 Å². The van der Waals surface area contributed by atoms with E-state index >= 15 is 0 Å². The number of benzene rings is 2. The predicted molar refractivity (Wildman–Crippen MR) is 116 cm³/mol. The lowest BCUT2D eigenvalue weighted by atomic mass is 9.75. The highest BCUT2D eigenvalue weighted by Crippen LogP contribution is 2.38. The highest BCUT2D eigenvalue weighted by atomic mass is 32.2. The summed E-state index contributed by atoms with van der Waals surface area (Å²) in [5.74, 6) is 0. The van der Waals surface area contributed by atoms with E-state index in [1.165, 1.54) is 0 Å². The third-order valence-electron chi connectivity index (χ3n) is 6.60. The Kier molecular flexibility index (Phi) is 5.97. The van der Waals surface area contributed by atoms with E-state index in [4.69, 9.17) is 4.74 Å². The molecular formula is C24H28N2O3S. The molecule has 2 fully saturated rings. The number of hydrogen-bond donors (Lipinski definition) is 0. The Bertz CT molecular complexity index is 1010. The molecule has 2 saturated heterocycles. The number of nitriles is 1. The highest BCUT2D eigenvalue weighted by molar-refractivity contribution is 7.89. The zero-order chi connectivity index (χ0) is 21.2. The van der Waals surface area contributed by atoms with Crippen LogP contribution < -0.4 is 0 Å². The molecule has 0 saturated carbocycles. The van der Waals surface area contributed by atoms with Crippen molar-refractivity contribution in [3.05, 3.63) is 71.3 Å². The van der Waals surface area contributed by atoms with E-state index < -0.39 is 20.7 Å². The lowest BCUT2D eigenvalue weighted by Crippen LogP contribution is -2.44. The first kappa shape index (κ1) is 21.0. The largest absolute Gasteiger partial charge is 0.381 e.